The van der Waals surface area contributed by atoms with Gasteiger partial charge in [0.1, 0.15) is 28.5 Å². The molecule has 3 atom stereocenters. The van der Waals surface area contributed by atoms with Crippen molar-refractivity contribution in [2.45, 2.75) is 49.4 Å². The molecule has 4 N–H and O–H groups in total. The van der Waals surface area contributed by atoms with Crippen molar-refractivity contribution in [3.63, 3.8) is 0 Å². The van der Waals surface area contributed by atoms with Gasteiger partial charge in [-0.2, -0.15) is 13.2 Å². The van der Waals surface area contributed by atoms with E-state index in [-0.39, 0.29) is 34.8 Å². The van der Waals surface area contributed by atoms with Crippen LogP contribution in [0.2, 0.25) is 0 Å². The molecule has 4 heterocycles. The number of aliphatic hydroxyl groups excluding tert-OH is 1. The van der Waals surface area contributed by atoms with Crippen molar-refractivity contribution >= 4 is 17.2 Å². The van der Waals surface area contributed by atoms with Crippen LogP contribution in [-0.2, 0) is 16.6 Å². The topological polar surface area (TPSA) is 117 Å². The Morgan fingerprint density at radius 2 is 1.77 bits per heavy atom. The van der Waals surface area contributed by atoms with Crippen LogP contribution in [-0.4, -0.2) is 54.6 Å². The SMILES string of the molecule is Nc1nccn2c([C@@H]3CC[C@H]4CCC(=O)N4C3)nc(-c3ccc([C@](O)(CO)c4cccc(C(F)(F)F)c4)cc3)c12. The van der Waals surface area contributed by atoms with Crippen LogP contribution in [0.25, 0.3) is 16.8 Å². The van der Waals surface area contributed by atoms with Gasteiger partial charge in [0.05, 0.1) is 12.2 Å². The predicted octanol–water partition coefficient (Wildman–Crippen LogP) is 4.09. The lowest BCUT2D eigenvalue weighted by Gasteiger charge is -2.34. The summed E-state index contributed by atoms with van der Waals surface area (Å²) in [5.41, 5.74) is 5.29. The van der Waals surface area contributed by atoms with Crippen LogP contribution >= 0.6 is 0 Å². The van der Waals surface area contributed by atoms with Crippen LogP contribution in [0.4, 0.5) is 19.0 Å². The van der Waals surface area contributed by atoms with Gasteiger partial charge in [0.15, 0.2) is 0 Å². The Labute approximate surface area is 227 Å². The third-order valence-corrected chi connectivity index (χ3v) is 8.23. The maximum atomic E-state index is 13.3. The lowest BCUT2D eigenvalue weighted by atomic mass is 9.85. The molecule has 40 heavy (non-hydrogen) atoms. The summed E-state index contributed by atoms with van der Waals surface area (Å²) in [6.45, 7) is -0.232. The number of piperidine rings is 1. The summed E-state index contributed by atoms with van der Waals surface area (Å²) in [7, 11) is 0. The molecule has 0 saturated carbocycles. The average Bonchev–Trinajstić information content (AvgIpc) is 3.53. The second kappa shape index (κ2) is 9.60. The molecule has 2 aromatic heterocycles. The number of aromatic nitrogens is 3. The molecule has 0 spiro atoms. The molecule has 0 unspecified atom stereocenters. The van der Waals surface area contributed by atoms with Gasteiger partial charge in [0.25, 0.3) is 0 Å². The number of nitrogen functional groups attached to an aromatic ring is 1. The molecule has 0 radical (unpaired) electrons. The summed E-state index contributed by atoms with van der Waals surface area (Å²) in [6, 6.07) is 11.1. The van der Waals surface area contributed by atoms with E-state index in [1.807, 2.05) is 9.30 Å². The Kier molecular flexibility index (Phi) is 6.30. The van der Waals surface area contributed by atoms with E-state index in [2.05, 4.69) is 4.98 Å². The molecule has 208 valence electrons. The molecular formula is C29H28F3N5O3. The van der Waals surface area contributed by atoms with Crippen molar-refractivity contribution in [1.29, 1.82) is 0 Å². The minimum absolute atomic E-state index is 0.0148. The highest BCUT2D eigenvalue weighted by molar-refractivity contribution is 5.85. The van der Waals surface area contributed by atoms with E-state index < -0.39 is 23.9 Å². The number of benzene rings is 2. The number of aliphatic hydroxyl groups is 2. The number of amides is 1. The highest BCUT2D eigenvalue weighted by Gasteiger charge is 2.39. The number of hydrogen-bond donors (Lipinski definition) is 3. The number of alkyl halides is 3. The van der Waals surface area contributed by atoms with E-state index >= 15 is 0 Å². The predicted molar refractivity (Wildman–Crippen MR) is 141 cm³/mol. The van der Waals surface area contributed by atoms with E-state index in [1.54, 1.807) is 36.7 Å². The van der Waals surface area contributed by atoms with Gasteiger partial charge < -0.3 is 20.8 Å². The highest BCUT2D eigenvalue weighted by atomic mass is 19.4. The number of nitrogens with zero attached hydrogens (tertiary/aromatic N) is 4. The highest BCUT2D eigenvalue weighted by Crippen LogP contribution is 2.39. The fourth-order valence-electron chi connectivity index (χ4n) is 6.06. The Hall–Kier alpha value is -3.96. The van der Waals surface area contributed by atoms with Crippen LogP contribution < -0.4 is 5.73 Å². The fourth-order valence-corrected chi connectivity index (χ4v) is 6.06. The van der Waals surface area contributed by atoms with E-state index in [0.29, 0.717) is 29.7 Å². The first kappa shape index (κ1) is 26.3. The fraction of sp³-hybridized carbons (Fsp3) is 0.345. The monoisotopic (exact) mass is 551 g/mol. The van der Waals surface area contributed by atoms with Gasteiger partial charge in [-0.25, -0.2) is 9.97 Å². The van der Waals surface area contributed by atoms with Crippen LogP contribution in [0.1, 0.15) is 54.1 Å². The molecule has 2 fully saturated rings. The summed E-state index contributed by atoms with van der Waals surface area (Å²) in [5, 5.41) is 21.4. The van der Waals surface area contributed by atoms with Crippen molar-refractivity contribution in [2.75, 3.05) is 18.9 Å². The number of imidazole rings is 1. The zero-order chi connectivity index (χ0) is 28.2. The average molecular weight is 552 g/mol. The van der Waals surface area contributed by atoms with Gasteiger partial charge in [0.2, 0.25) is 5.91 Å². The Morgan fingerprint density at radius 3 is 2.50 bits per heavy atom. The van der Waals surface area contributed by atoms with Crippen LogP contribution in [0.15, 0.2) is 60.9 Å². The number of fused-ring (bicyclic) bond motifs is 2. The molecular weight excluding hydrogens is 523 g/mol. The van der Waals surface area contributed by atoms with E-state index in [9.17, 15) is 28.2 Å². The third-order valence-electron chi connectivity index (χ3n) is 8.23. The molecule has 2 aliphatic rings. The normalized spacial score (nSPS) is 21.0. The number of halogens is 3. The number of rotatable bonds is 5. The standard InChI is InChI=1S/C29H28F3N5O3/c30-29(31,32)21-3-1-2-20(14-21)28(40,16-38)19-7-4-17(5-8-19)24-25-26(33)34-12-13-36(25)27(35-24)18-6-9-22-10-11-23(39)37(22)15-18/h1-5,7-8,12-14,18,22,38,40H,6,9-11,15-16H2,(H2,33,34)/t18-,22+,28-/m1/s1. The van der Waals surface area contributed by atoms with Crippen molar-refractivity contribution in [3.8, 4) is 11.3 Å². The second-order valence-corrected chi connectivity index (χ2v) is 10.5. The number of nitrogens with two attached hydrogens (primary N) is 1. The maximum Gasteiger partial charge on any atom is 0.416 e. The number of anilines is 1. The van der Waals surface area contributed by atoms with E-state index in [4.69, 9.17) is 10.7 Å². The first-order valence-corrected chi connectivity index (χ1v) is 13.1. The van der Waals surface area contributed by atoms with Crippen molar-refractivity contribution < 1.29 is 28.2 Å². The van der Waals surface area contributed by atoms with Gasteiger partial charge in [0, 0.05) is 42.9 Å². The van der Waals surface area contributed by atoms with Gasteiger partial charge in [-0.05, 0) is 42.5 Å². The summed E-state index contributed by atoms with van der Waals surface area (Å²) in [6.07, 6.45) is 2.06. The number of carbonyl (C=O) groups is 1. The summed E-state index contributed by atoms with van der Waals surface area (Å²) in [4.78, 5) is 23.6. The quantitative estimate of drug-likeness (QED) is 0.344. The van der Waals surface area contributed by atoms with Gasteiger partial charge in [-0.3, -0.25) is 9.20 Å². The van der Waals surface area contributed by atoms with Crippen molar-refractivity contribution in [2.24, 2.45) is 0 Å². The number of hydrogen-bond acceptors (Lipinski definition) is 6. The molecule has 2 aliphatic heterocycles. The molecule has 2 saturated heterocycles. The van der Waals surface area contributed by atoms with Crippen LogP contribution in [0.3, 0.4) is 0 Å². The van der Waals surface area contributed by atoms with Crippen LogP contribution in [0, 0.1) is 0 Å². The molecule has 6 rings (SSSR count). The first-order chi connectivity index (χ1) is 19.1. The maximum absolute atomic E-state index is 13.3. The largest absolute Gasteiger partial charge is 0.416 e. The summed E-state index contributed by atoms with van der Waals surface area (Å²) >= 11 is 0. The first-order valence-electron chi connectivity index (χ1n) is 13.1. The summed E-state index contributed by atoms with van der Waals surface area (Å²) in [5.74, 6) is 1.24. The van der Waals surface area contributed by atoms with Gasteiger partial charge in [-0.1, -0.05) is 36.4 Å². The molecule has 4 aromatic rings. The van der Waals surface area contributed by atoms with E-state index in [0.717, 1.165) is 37.2 Å². The lowest BCUT2D eigenvalue weighted by molar-refractivity contribution is -0.137. The zero-order valence-corrected chi connectivity index (χ0v) is 21.5. The van der Waals surface area contributed by atoms with E-state index in [1.165, 1.54) is 12.1 Å². The lowest BCUT2D eigenvalue weighted by Crippen LogP contribution is -2.41. The molecule has 0 aliphatic carbocycles. The van der Waals surface area contributed by atoms with Gasteiger partial charge in [-0.15, -0.1) is 0 Å². The molecule has 0 bridgehead atoms. The third kappa shape index (κ3) is 4.29. The smallest absolute Gasteiger partial charge is 0.393 e. The number of carbonyl (C=O) groups excluding carboxylic acids is 1. The second-order valence-electron chi connectivity index (χ2n) is 10.5. The Morgan fingerprint density at radius 1 is 1.02 bits per heavy atom. The van der Waals surface area contributed by atoms with Crippen LogP contribution in [0.5, 0.6) is 0 Å². The zero-order valence-electron chi connectivity index (χ0n) is 21.5. The minimum Gasteiger partial charge on any atom is -0.393 e. The molecule has 11 heteroatoms. The summed E-state index contributed by atoms with van der Waals surface area (Å²) < 4.78 is 41.8. The van der Waals surface area contributed by atoms with Crippen molar-refractivity contribution in [1.82, 2.24) is 19.3 Å². The van der Waals surface area contributed by atoms with Crippen molar-refractivity contribution in [3.05, 3.63) is 83.4 Å². The molecule has 1 amide bonds. The van der Waals surface area contributed by atoms with Gasteiger partial charge >= 0.3 is 6.18 Å². The minimum atomic E-state index is -4.59. The Bertz CT molecular complexity index is 1590. The molecule has 2 aromatic carbocycles. The molecule has 8 nitrogen and oxygen atoms in total. The Balaban J connectivity index is 1.37.